The molecule has 5 aliphatic rings. The number of aliphatic imine (C=N–C) groups is 1. The van der Waals surface area contributed by atoms with E-state index in [1.807, 2.05) is 6.92 Å². The molecule has 0 amide bonds. The number of nitrogens with one attached hydrogen (secondary N) is 1. The SMILES string of the molecule is CCOC1=NC2CCCC(C(OO)C(C)OC(=O)OC3CCCCC3)C2N1CC1CCC(C2CCCCC2c2nn[nH]n2)CC1. The Morgan fingerprint density at radius 1 is 0.978 bits per heavy atom. The molecule has 2 N–H and O–H groups in total. The van der Waals surface area contributed by atoms with Gasteiger partial charge >= 0.3 is 6.16 Å². The van der Waals surface area contributed by atoms with Crippen LogP contribution < -0.4 is 0 Å². The summed E-state index contributed by atoms with van der Waals surface area (Å²) in [5, 5.41) is 25.5. The van der Waals surface area contributed by atoms with E-state index in [0.29, 0.717) is 36.3 Å². The van der Waals surface area contributed by atoms with Crippen molar-refractivity contribution in [2.45, 2.75) is 153 Å². The van der Waals surface area contributed by atoms with Gasteiger partial charge < -0.3 is 19.1 Å². The van der Waals surface area contributed by atoms with Crippen molar-refractivity contribution in [3.63, 3.8) is 0 Å². The summed E-state index contributed by atoms with van der Waals surface area (Å²) in [6, 6.07) is 0.808. The number of aromatic amines is 1. The minimum absolute atomic E-state index is 0.0246. The number of amidine groups is 1. The number of rotatable bonds is 10. The number of aromatic nitrogens is 4. The highest BCUT2D eigenvalue weighted by Gasteiger charge is 2.50. The molecule has 0 saturated heterocycles. The highest BCUT2D eigenvalue weighted by Crippen LogP contribution is 2.47. The Hall–Kier alpha value is -2.47. The van der Waals surface area contributed by atoms with Crippen molar-refractivity contribution >= 4 is 12.2 Å². The quantitative estimate of drug-likeness (QED) is 0.173. The van der Waals surface area contributed by atoms with E-state index >= 15 is 0 Å². The summed E-state index contributed by atoms with van der Waals surface area (Å²) in [6.07, 6.45) is 15.5. The molecule has 0 bridgehead atoms. The molecule has 0 radical (unpaired) electrons. The molecule has 1 aromatic rings. The molecule has 4 aliphatic carbocycles. The Labute approximate surface area is 267 Å². The van der Waals surface area contributed by atoms with Gasteiger partial charge in [-0.05, 0) is 109 Å². The molecule has 252 valence electrons. The number of H-pyrrole nitrogens is 1. The average Bonchev–Trinajstić information content (AvgIpc) is 3.72. The molecule has 7 unspecified atom stereocenters. The number of ether oxygens (including phenoxy) is 3. The van der Waals surface area contributed by atoms with Crippen molar-refractivity contribution in [1.82, 2.24) is 25.5 Å². The van der Waals surface area contributed by atoms with E-state index in [0.717, 1.165) is 63.7 Å². The second-order valence-electron chi connectivity index (χ2n) is 14.3. The summed E-state index contributed by atoms with van der Waals surface area (Å²) in [5.74, 6) is 3.10. The molecule has 4 saturated carbocycles. The first-order chi connectivity index (χ1) is 22.1. The monoisotopic (exact) mass is 630 g/mol. The van der Waals surface area contributed by atoms with Crippen molar-refractivity contribution in [3.8, 4) is 0 Å². The number of fused-ring (bicyclic) bond motifs is 1. The van der Waals surface area contributed by atoms with Crippen molar-refractivity contribution in [1.29, 1.82) is 0 Å². The first-order valence-electron chi connectivity index (χ1n) is 17.9. The Bertz CT molecular complexity index is 1090. The molecule has 12 heteroatoms. The van der Waals surface area contributed by atoms with Gasteiger partial charge in [0.1, 0.15) is 18.3 Å². The molecule has 7 atom stereocenters. The topological polar surface area (TPSA) is 144 Å². The fourth-order valence-electron chi connectivity index (χ4n) is 9.45. The maximum Gasteiger partial charge on any atom is 0.508 e. The lowest BCUT2D eigenvalue weighted by atomic mass is 9.66. The number of carbonyl (C=O) groups is 1. The molecule has 1 aliphatic heterocycles. The number of hydrogen-bond acceptors (Lipinski definition) is 11. The summed E-state index contributed by atoms with van der Waals surface area (Å²) in [6.45, 7) is 5.23. The van der Waals surface area contributed by atoms with Crippen LogP contribution in [0.2, 0.25) is 0 Å². The van der Waals surface area contributed by atoms with Gasteiger partial charge in [0.25, 0.3) is 6.02 Å². The van der Waals surface area contributed by atoms with Crippen LogP contribution in [0.25, 0.3) is 0 Å². The van der Waals surface area contributed by atoms with Crippen LogP contribution in [0.5, 0.6) is 0 Å². The zero-order valence-electron chi connectivity index (χ0n) is 27.2. The maximum atomic E-state index is 12.7. The van der Waals surface area contributed by atoms with E-state index in [9.17, 15) is 10.1 Å². The summed E-state index contributed by atoms with van der Waals surface area (Å²) in [5.41, 5.74) is 0. The number of tetrazole rings is 1. The highest BCUT2D eigenvalue weighted by molar-refractivity contribution is 5.77. The number of nitrogens with zero attached hydrogens (tertiary/aromatic N) is 5. The lowest BCUT2D eigenvalue weighted by molar-refractivity contribution is -0.312. The summed E-state index contributed by atoms with van der Waals surface area (Å²) >= 11 is 0. The van der Waals surface area contributed by atoms with Gasteiger partial charge in [-0.2, -0.15) is 5.21 Å². The van der Waals surface area contributed by atoms with Gasteiger partial charge in [0.15, 0.2) is 5.82 Å². The molecule has 12 nitrogen and oxygen atoms in total. The largest absolute Gasteiger partial charge is 0.508 e. The van der Waals surface area contributed by atoms with Crippen molar-refractivity contribution < 1.29 is 29.1 Å². The predicted molar refractivity (Wildman–Crippen MR) is 166 cm³/mol. The Morgan fingerprint density at radius 2 is 1.76 bits per heavy atom. The third kappa shape index (κ3) is 7.58. The summed E-state index contributed by atoms with van der Waals surface area (Å²) in [4.78, 5) is 25.3. The highest BCUT2D eigenvalue weighted by atomic mass is 17.1. The Kier molecular flexibility index (Phi) is 11.1. The molecule has 45 heavy (non-hydrogen) atoms. The van der Waals surface area contributed by atoms with Crippen LogP contribution in [-0.4, -0.2) is 86.5 Å². The van der Waals surface area contributed by atoms with Crippen molar-refractivity contribution in [2.75, 3.05) is 13.2 Å². The van der Waals surface area contributed by atoms with E-state index in [2.05, 4.69) is 25.5 Å². The van der Waals surface area contributed by atoms with E-state index in [1.165, 1.54) is 51.4 Å². The zero-order valence-corrected chi connectivity index (χ0v) is 27.2. The van der Waals surface area contributed by atoms with Gasteiger partial charge in [0, 0.05) is 18.4 Å². The second kappa shape index (κ2) is 15.4. The Morgan fingerprint density at radius 3 is 2.49 bits per heavy atom. The third-order valence-electron chi connectivity index (χ3n) is 11.6. The lowest BCUT2D eigenvalue weighted by Crippen LogP contribution is -2.55. The van der Waals surface area contributed by atoms with Gasteiger partial charge in [-0.1, -0.05) is 30.9 Å². The first kappa shape index (κ1) is 32.5. The third-order valence-corrected chi connectivity index (χ3v) is 11.6. The van der Waals surface area contributed by atoms with Gasteiger partial charge in [-0.15, -0.1) is 10.2 Å². The first-order valence-corrected chi connectivity index (χ1v) is 17.9. The smallest absolute Gasteiger partial charge is 0.465 e. The standard InChI is InChI=1S/C33H54N6O6/c1-3-42-32-34-28-15-9-14-27(30(45-41)21(2)43-33(40)44-24-10-5-4-6-11-24)29(28)39(32)20-22-16-18-23(19-17-22)25-12-7-8-13-26(25)31-35-37-38-36-31/h21-30,41H,3-20H2,1-2H3,(H,35,36,37,38). The molecular formula is C33H54N6O6. The van der Waals surface area contributed by atoms with Crippen LogP contribution in [0.1, 0.15) is 128 Å². The van der Waals surface area contributed by atoms with Crippen LogP contribution in [-0.2, 0) is 19.1 Å². The van der Waals surface area contributed by atoms with Gasteiger partial charge in [0.05, 0.1) is 18.7 Å². The Balaban J connectivity index is 1.09. The second-order valence-corrected chi connectivity index (χ2v) is 14.3. The fourth-order valence-corrected chi connectivity index (χ4v) is 9.45. The van der Waals surface area contributed by atoms with E-state index in [4.69, 9.17) is 24.1 Å². The molecule has 1 aromatic heterocycles. The van der Waals surface area contributed by atoms with Crippen molar-refractivity contribution in [2.24, 2.45) is 28.7 Å². The molecule has 0 spiro atoms. The normalized spacial score (nSPS) is 34.0. The van der Waals surface area contributed by atoms with Crippen molar-refractivity contribution in [3.05, 3.63) is 5.82 Å². The zero-order chi connectivity index (χ0) is 31.2. The summed E-state index contributed by atoms with van der Waals surface area (Å²) < 4.78 is 17.5. The van der Waals surface area contributed by atoms with Crippen LogP contribution in [0.15, 0.2) is 4.99 Å². The summed E-state index contributed by atoms with van der Waals surface area (Å²) in [7, 11) is 0. The van der Waals surface area contributed by atoms with Gasteiger partial charge in [0.2, 0.25) is 0 Å². The minimum atomic E-state index is -0.681. The number of carbonyl (C=O) groups excluding carboxylic acids is 1. The van der Waals surface area contributed by atoms with Crippen LogP contribution >= 0.6 is 0 Å². The lowest BCUT2D eigenvalue weighted by Gasteiger charge is -2.44. The van der Waals surface area contributed by atoms with E-state index < -0.39 is 18.4 Å². The molecule has 4 fully saturated rings. The molecule has 0 aromatic carbocycles. The van der Waals surface area contributed by atoms with Crippen LogP contribution in [0.4, 0.5) is 4.79 Å². The fraction of sp³-hybridized carbons (Fsp3) is 0.909. The number of hydrogen-bond donors (Lipinski definition) is 2. The predicted octanol–water partition coefficient (Wildman–Crippen LogP) is 6.26. The molecule has 6 rings (SSSR count). The molecular weight excluding hydrogens is 576 g/mol. The molecule has 2 heterocycles. The average molecular weight is 631 g/mol. The maximum absolute atomic E-state index is 12.7. The van der Waals surface area contributed by atoms with Gasteiger partial charge in [-0.3, -0.25) is 5.26 Å². The van der Waals surface area contributed by atoms with Crippen LogP contribution in [0.3, 0.4) is 0 Å². The van der Waals surface area contributed by atoms with Crippen LogP contribution in [0, 0.1) is 23.7 Å². The van der Waals surface area contributed by atoms with Gasteiger partial charge in [-0.25, -0.2) is 14.7 Å². The van der Waals surface area contributed by atoms with E-state index in [1.54, 1.807) is 6.92 Å². The minimum Gasteiger partial charge on any atom is -0.465 e. The van der Waals surface area contributed by atoms with E-state index in [-0.39, 0.29) is 24.1 Å².